The number of fused-ring (bicyclic) bond motifs is 3. The molecule has 1 aromatic heterocycles. The number of ether oxygens (including phenoxy) is 4. The topological polar surface area (TPSA) is 142 Å². The zero-order valence-electron chi connectivity index (χ0n) is 37.3. The Balaban J connectivity index is 1.14. The second kappa shape index (κ2) is 18.7. The van der Waals surface area contributed by atoms with Gasteiger partial charge in [0.1, 0.15) is 30.2 Å². The lowest BCUT2D eigenvalue weighted by Crippen LogP contribution is -2.57. The fraction of sp³-hybridized carbons (Fsp3) is 0.294. The van der Waals surface area contributed by atoms with Crippen LogP contribution in [0.1, 0.15) is 60.7 Å². The second-order valence-corrected chi connectivity index (χ2v) is 23.0. The molecule has 0 saturated carbocycles. The molecule has 12 nitrogen and oxygen atoms in total. The maximum atomic E-state index is 13.6. The summed E-state index contributed by atoms with van der Waals surface area (Å²) in [6.45, 7) is 10.6. The first-order valence-corrected chi connectivity index (χ1v) is 25.0. The van der Waals surface area contributed by atoms with Crippen molar-refractivity contribution in [3.05, 3.63) is 194 Å². The van der Waals surface area contributed by atoms with Gasteiger partial charge in [0.25, 0.3) is 5.56 Å². The van der Waals surface area contributed by atoms with E-state index in [9.17, 15) is 14.4 Å². The van der Waals surface area contributed by atoms with Crippen LogP contribution in [-0.4, -0.2) is 67.6 Å². The Morgan fingerprint density at radius 1 is 0.769 bits per heavy atom. The van der Waals surface area contributed by atoms with Gasteiger partial charge in [-0.2, -0.15) is 0 Å². The number of amides is 1. The molecule has 2 aliphatic rings. The number of carbonyl (C=O) groups excluding carboxylic acids is 1. The number of hydrogen-bond acceptors (Lipinski definition) is 9. The van der Waals surface area contributed by atoms with Gasteiger partial charge >= 0.3 is 11.8 Å². The summed E-state index contributed by atoms with van der Waals surface area (Å²) in [5.74, 6) is 0.530. The third-order valence-electron chi connectivity index (χ3n) is 12.9. The Morgan fingerprint density at radius 2 is 1.32 bits per heavy atom. The van der Waals surface area contributed by atoms with Crippen molar-refractivity contribution >= 4 is 31.7 Å². The van der Waals surface area contributed by atoms with Gasteiger partial charge in [-0.15, -0.1) is 0 Å². The van der Waals surface area contributed by atoms with Crippen molar-refractivity contribution in [2.45, 2.75) is 74.9 Å². The fourth-order valence-corrected chi connectivity index (χ4v) is 10.1. The van der Waals surface area contributed by atoms with Crippen molar-refractivity contribution in [3.8, 4) is 16.9 Å². The van der Waals surface area contributed by atoms with Crippen molar-refractivity contribution in [3.63, 3.8) is 0 Å². The lowest BCUT2D eigenvalue weighted by Gasteiger charge is -2.41. The zero-order chi connectivity index (χ0) is 45.9. The summed E-state index contributed by atoms with van der Waals surface area (Å²) in [4.78, 5) is 42.0. The van der Waals surface area contributed by atoms with E-state index >= 15 is 0 Å². The molecule has 1 aliphatic carbocycles. The zero-order valence-corrected chi connectivity index (χ0v) is 39.1. The minimum Gasteiger partial charge on any atom is -0.497 e. The van der Waals surface area contributed by atoms with E-state index in [4.69, 9.17) is 35.6 Å². The van der Waals surface area contributed by atoms with Crippen LogP contribution in [0.2, 0.25) is 18.1 Å². The van der Waals surface area contributed by atoms with E-state index in [-0.39, 0.29) is 29.3 Å². The Hall–Kier alpha value is -6.16. The number of H-pyrrole nitrogens is 1. The van der Waals surface area contributed by atoms with Gasteiger partial charge in [-0.05, 0) is 81.4 Å². The van der Waals surface area contributed by atoms with Gasteiger partial charge in [0, 0.05) is 18.2 Å². The molecule has 14 heteroatoms. The number of aromatic nitrogens is 2. The molecular formula is C51H54N4O8SSi. The van der Waals surface area contributed by atoms with Crippen LogP contribution in [0.3, 0.4) is 0 Å². The SMILES string of the molecule is COc1ccc(C(OC[C@H]2O[C@@H](n3ccc(=O)[nH]c3=O)[C@H](O[Si](C)(C)C(C)(C)C)[C@@H]2NC(=S)NC(=O)OCC2c3ccccc3-c3ccccc32)(c2ccccc2)c2ccccc2)cc1. The number of nitrogens with zero attached hydrogens (tertiary/aromatic N) is 1. The maximum Gasteiger partial charge on any atom is 0.413 e. The van der Waals surface area contributed by atoms with Gasteiger partial charge in [-0.1, -0.05) is 142 Å². The molecule has 336 valence electrons. The number of rotatable bonds is 13. The Labute approximate surface area is 385 Å². The van der Waals surface area contributed by atoms with Crippen molar-refractivity contribution in [1.29, 1.82) is 0 Å². The molecule has 0 unspecified atom stereocenters. The lowest BCUT2D eigenvalue weighted by molar-refractivity contribution is -0.0877. The monoisotopic (exact) mass is 910 g/mol. The number of carbonyl (C=O) groups is 1. The number of nitrogens with one attached hydrogen (secondary N) is 3. The van der Waals surface area contributed by atoms with Gasteiger partial charge in [0.2, 0.25) is 0 Å². The van der Waals surface area contributed by atoms with E-state index in [1.165, 1.54) is 16.8 Å². The number of aromatic amines is 1. The first-order valence-electron chi connectivity index (χ1n) is 21.7. The summed E-state index contributed by atoms with van der Waals surface area (Å²) < 4.78 is 34.2. The first-order chi connectivity index (χ1) is 31.2. The highest BCUT2D eigenvalue weighted by molar-refractivity contribution is 7.80. The standard InChI is InChI=1S/C51H54N4O8SSi/c1-50(2,3)65(5,6)63-45-44(53-47(64)54-49(58)60-31-41-39-23-15-13-21-37(39)38-22-14-16-24-40(38)41)42(62-46(45)55-30-29-43(56)52-48(55)57)32-61-51(33-17-9-7-10-18-33,34-19-11-8-12-20-34)35-25-27-36(59-4)28-26-35/h7-30,41-42,44-46H,31-32H2,1-6H3,(H,52,56,57)(H2,53,54,58,64)/t42-,44-,45-,46-/m1/s1. The molecule has 3 N–H and O–H groups in total. The smallest absolute Gasteiger partial charge is 0.413 e. The average Bonchev–Trinajstić information content (AvgIpc) is 3.79. The third-order valence-corrected chi connectivity index (χ3v) is 17.6. The normalized spacial score (nSPS) is 18.4. The van der Waals surface area contributed by atoms with Crippen LogP contribution in [-0.2, 0) is 24.2 Å². The summed E-state index contributed by atoms with van der Waals surface area (Å²) in [6.07, 6.45) is -2.13. The predicted octanol–water partition coefficient (Wildman–Crippen LogP) is 8.62. The van der Waals surface area contributed by atoms with Gasteiger partial charge < -0.3 is 28.7 Å². The molecule has 1 amide bonds. The lowest BCUT2D eigenvalue weighted by atomic mass is 9.80. The highest BCUT2D eigenvalue weighted by Crippen LogP contribution is 2.46. The molecule has 8 rings (SSSR count). The summed E-state index contributed by atoms with van der Waals surface area (Å²) in [5, 5.41) is 5.79. The van der Waals surface area contributed by atoms with Crippen molar-refractivity contribution in [1.82, 2.24) is 20.2 Å². The van der Waals surface area contributed by atoms with Gasteiger partial charge in [0.15, 0.2) is 19.7 Å². The largest absolute Gasteiger partial charge is 0.497 e. The third kappa shape index (κ3) is 9.22. The van der Waals surface area contributed by atoms with E-state index < -0.39 is 55.7 Å². The van der Waals surface area contributed by atoms with Crippen LogP contribution >= 0.6 is 12.2 Å². The molecule has 1 fully saturated rings. The van der Waals surface area contributed by atoms with E-state index in [0.29, 0.717) is 5.75 Å². The van der Waals surface area contributed by atoms with Crippen molar-refractivity contribution in [2.24, 2.45) is 0 Å². The van der Waals surface area contributed by atoms with Crippen molar-refractivity contribution in [2.75, 3.05) is 20.3 Å². The number of benzene rings is 5. The minimum atomic E-state index is -2.66. The fourth-order valence-electron chi connectivity index (χ4n) is 8.59. The molecule has 0 bridgehead atoms. The van der Waals surface area contributed by atoms with Gasteiger partial charge in [0.05, 0.1) is 19.8 Å². The van der Waals surface area contributed by atoms with Gasteiger partial charge in [-0.25, -0.2) is 9.59 Å². The predicted molar refractivity (Wildman–Crippen MR) is 257 cm³/mol. The summed E-state index contributed by atoms with van der Waals surface area (Å²) in [7, 11) is -1.03. The molecule has 0 radical (unpaired) electrons. The number of hydrogen-bond donors (Lipinski definition) is 3. The number of methoxy groups -OCH3 is 1. The molecule has 6 aromatic rings. The summed E-state index contributed by atoms with van der Waals surface area (Å²) in [5.41, 5.74) is 4.53. The van der Waals surface area contributed by atoms with Crippen LogP contribution in [0.5, 0.6) is 5.75 Å². The molecule has 65 heavy (non-hydrogen) atoms. The average molecular weight is 911 g/mol. The van der Waals surface area contributed by atoms with Crippen LogP contribution < -0.4 is 26.6 Å². The number of thiocarbonyl (C=S) groups is 1. The van der Waals surface area contributed by atoms with E-state index in [0.717, 1.165) is 38.9 Å². The Bertz CT molecular complexity index is 2670. The minimum absolute atomic E-state index is 0.0355. The van der Waals surface area contributed by atoms with Crippen LogP contribution in [0.15, 0.2) is 155 Å². The molecule has 2 heterocycles. The first kappa shape index (κ1) is 45.4. The maximum absolute atomic E-state index is 13.6. The second-order valence-electron chi connectivity index (χ2n) is 17.8. The Kier molecular flexibility index (Phi) is 13.1. The molecule has 4 atom stereocenters. The van der Waals surface area contributed by atoms with Crippen molar-refractivity contribution < 1.29 is 28.2 Å². The van der Waals surface area contributed by atoms with Crippen LogP contribution in [0.4, 0.5) is 4.79 Å². The van der Waals surface area contributed by atoms with E-state index in [1.807, 2.05) is 109 Å². The highest BCUT2D eigenvalue weighted by atomic mass is 32.1. The van der Waals surface area contributed by atoms with Crippen LogP contribution in [0.25, 0.3) is 11.1 Å². The van der Waals surface area contributed by atoms with Crippen LogP contribution in [0, 0.1) is 0 Å². The molecule has 1 aliphatic heterocycles. The van der Waals surface area contributed by atoms with E-state index in [1.54, 1.807) is 7.11 Å². The summed E-state index contributed by atoms with van der Waals surface area (Å²) >= 11 is 5.88. The molecule has 5 aromatic carbocycles. The molecule has 1 saturated heterocycles. The van der Waals surface area contributed by atoms with E-state index in [2.05, 4.69) is 73.7 Å². The summed E-state index contributed by atoms with van der Waals surface area (Å²) in [6, 6.07) is 44.3. The Morgan fingerprint density at radius 3 is 1.88 bits per heavy atom. The molecular weight excluding hydrogens is 857 g/mol. The van der Waals surface area contributed by atoms with Gasteiger partial charge in [-0.3, -0.25) is 19.7 Å². The quantitative estimate of drug-likeness (QED) is 0.0586. The molecule has 0 spiro atoms. The number of alkyl carbamates (subject to hydrolysis) is 1. The highest BCUT2D eigenvalue weighted by Gasteiger charge is 2.52.